The summed E-state index contributed by atoms with van der Waals surface area (Å²) in [6.07, 6.45) is 3.50. The molecule has 1 aliphatic rings. The number of benzene rings is 1. The van der Waals surface area contributed by atoms with Crippen LogP contribution in [0.1, 0.15) is 29.9 Å². The normalized spacial score (nSPS) is 17.5. The van der Waals surface area contributed by atoms with Crippen molar-refractivity contribution < 1.29 is 9.18 Å². The van der Waals surface area contributed by atoms with Crippen molar-refractivity contribution in [2.75, 3.05) is 13.1 Å². The minimum atomic E-state index is -0.734. The Morgan fingerprint density at radius 1 is 1.19 bits per heavy atom. The van der Waals surface area contributed by atoms with E-state index in [4.69, 9.17) is 5.73 Å². The van der Waals surface area contributed by atoms with Crippen molar-refractivity contribution >= 4 is 16.9 Å². The Labute approximate surface area is 184 Å². The number of halogens is 1. The number of hydrogen-bond acceptors (Lipinski definition) is 5. The first-order valence-electron chi connectivity index (χ1n) is 10.6. The number of carbonyl (C=O) groups is 1. The number of fused-ring (bicyclic) bond motifs is 1. The van der Waals surface area contributed by atoms with Gasteiger partial charge in [0.2, 0.25) is 5.91 Å². The third kappa shape index (κ3) is 3.95. The first-order valence-corrected chi connectivity index (χ1v) is 10.6. The van der Waals surface area contributed by atoms with Gasteiger partial charge < -0.3 is 10.6 Å². The molecule has 3 heterocycles. The molecule has 1 aromatic carbocycles. The van der Waals surface area contributed by atoms with Gasteiger partial charge in [0.05, 0.1) is 11.4 Å². The molecule has 9 heteroatoms. The lowest BCUT2D eigenvalue weighted by molar-refractivity contribution is -0.133. The summed E-state index contributed by atoms with van der Waals surface area (Å²) in [5.41, 5.74) is 7.29. The Morgan fingerprint density at radius 3 is 2.62 bits per heavy atom. The average Bonchev–Trinajstić information content (AvgIpc) is 2.81. The van der Waals surface area contributed by atoms with Crippen molar-refractivity contribution in [1.82, 2.24) is 19.0 Å². The van der Waals surface area contributed by atoms with Gasteiger partial charge in [0.25, 0.3) is 5.56 Å². The highest BCUT2D eigenvalue weighted by Crippen LogP contribution is 2.30. The predicted octanol–water partition coefficient (Wildman–Crippen LogP) is 1.05. The number of nitrogens with zero attached hydrogens (tertiary/aromatic N) is 4. The molecule has 0 saturated carbocycles. The van der Waals surface area contributed by atoms with Gasteiger partial charge in [-0.2, -0.15) is 0 Å². The summed E-state index contributed by atoms with van der Waals surface area (Å²) in [6.45, 7) is 1.02. The van der Waals surface area contributed by atoms with E-state index in [-0.39, 0.29) is 23.2 Å². The molecule has 1 saturated heterocycles. The van der Waals surface area contributed by atoms with Crippen molar-refractivity contribution in [3.05, 3.63) is 74.3 Å². The molecule has 168 valence electrons. The van der Waals surface area contributed by atoms with Crippen molar-refractivity contribution in [1.29, 1.82) is 0 Å². The second-order valence-corrected chi connectivity index (χ2v) is 8.37. The number of hydrogen-bond donors (Lipinski definition) is 1. The monoisotopic (exact) mass is 439 g/mol. The quantitative estimate of drug-likeness (QED) is 0.655. The maximum Gasteiger partial charge on any atom is 0.332 e. The van der Waals surface area contributed by atoms with Gasteiger partial charge >= 0.3 is 5.69 Å². The minimum Gasteiger partial charge on any atom is -0.341 e. The molecule has 2 N–H and O–H groups in total. The number of likely N-dealkylation sites (tertiary alicyclic amines) is 1. The molecule has 3 aromatic rings. The topological polar surface area (TPSA) is 103 Å². The lowest BCUT2D eigenvalue weighted by atomic mass is 9.89. The summed E-state index contributed by atoms with van der Waals surface area (Å²) < 4.78 is 15.6. The van der Waals surface area contributed by atoms with Gasteiger partial charge in [-0.15, -0.1) is 0 Å². The number of pyridine rings is 1. The lowest BCUT2D eigenvalue weighted by Gasteiger charge is -2.35. The van der Waals surface area contributed by atoms with Crippen molar-refractivity contribution in [3.63, 3.8) is 0 Å². The molecule has 1 fully saturated rings. The van der Waals surface area contributed by atoms with Crippen LogP contribution in [0.5, 0.6) is 0 Å². The van der Waals surface area contributed by atoms with Crippen LogP contribution >= 0.6 is 0 Å². The second kappa shape index (κ2) is 8.66. The van der Waals surface area contributed by atoms with E-state index < -0.39 is 11.7 Å². The third-order valence-corrected chi connectivity index (χ3v) is 6.23. The molecular formula is C23H26FN5O3. The first kappa shape index (κ1) is 21.9. The smallest absolute Gasteiger partial charge is 0.332 e. The van der Waals surface area contributed by atoms with Crippen LogP contribution in [0.25, 0.3) is 11.0 Å². The van der Waals surface area contributed by atoms with E-state index in [1.807, 2.05) is 0 Å². The summed E-state index contributed by atoms with van der Waals surface area (Å²) in [5, 5.41) is 0.409. The van der Waals surface area contributed by atoms with Gasteiger partial charge in [-0.05, 0) is 48.6 Å². The van der Waals surface area contributed by atoms with E-state index in [2.05, 4.69) is 4.98 Å². The summed E-state index contributed by atoms with van der Waals surface area (Å²) in [6, 6.07) is 7.03. The highest BCUT2D eigenvalue weighted by Gasteiger charge is 2.30. The number of rotatable bonds is 4. The standard InChI is InChI=1S/C23H26FN5O3/c1-27-20-19(22(31)28(2)23(27)32)17(9-10-26-20)15-4-3-11-29(13-15)21(30)18(25)12-14-5-7-16(24)8-6-14/h5-10,15,18H,3-4,11-13,25H2,1-2H3. The van der Waals surface area contributed by atoms with Gasteiger partial charge in [0.1, 0.15) is 11.5 Å². The molecule has 4 rings (SSSR count). The fourth-order valence-electron chi connectivity index (χ4n) is 4.48. The van der Waals surface area contributed by atoms with Gasteiger partial charge in [0, 0.05) is 39.3 Å². The van der Waals surface area contributed by atoms with E-state index in [1.54, 1.807) is 36.3 Å². The number of nitrogens with two attached hydrogens (primary N) is 1. The molecule has 0 bridgehead atoms. The van der Waals surface area contributed by atoms with Crippen LogP contribution in [0, 0.1) is 5.82 Å². The van der Waals surface area contributed by atoms with Crippen LogP contribution in [-0.4, -0.2) is 44.1 Å². The molecule has 0 radical (unpaired) electrons. The van der Waals surface area contributed by atoms with Gasteiger partial charge in [-0.1, -0.05) is 12.1 Å². The average molecular weight is 439 g/mol. The Hall–Kier alpha value is -3.33. The fraction of sp³-hybridized carbons (Fsp3) is 0.391. The number of aryl methyl sites for hydroxylation is 1. The third-order valence-electron chi connectivity index (χ3n) is 6.23. The second-order valence-electron chi connectivity index (χ2n) is 8.37. The molecule has 2 atom stereocenters. The maximum absolute atomic E-state index is 13.1. The zero-order valence-electron chi connectivity index (χ0n) is 18.1. The first-order chi connectivity index (χ1) is 15.3. The Balaban J connectivity index is 1.60. The molecule has 2 aromatic heterocycles. The molecule has 2 unspecified atom stereocenters. The Kier molecular flexibility index (Phi) is 5.92. The highest BCUT2D eigenvalue weighted by atomic mass is 19.1. The van der Waals surface area contributed by atoms with Crippen LogP contribution in [-0.2, 0) is 25.3 Å². The van der Waals surface area contributed by atoms with Crippen molar-refractivity contribution in [2.24, 2.45) is 19.8 Å². The summed E-state index contributed by atoms with van der Waals surface area (Å²) in [5.74, 6) is -0.570. The predicted molar refractivity (Wildman–Crippen MR) is 119 cm³/mol. The molecule has 0 aliphatic carbocycles. The zero-order chi connectivity index (χ0) is 23.0. The van der Waals surface area contributed by atoms with Crippen LogP contribution in [0.3, 0.4) is 0 Å². The number of aromatic nitrogens is 3. The largest absolute Gasteiger partial charge is 0.341 e. The van der Waals surface area contributed by atoms with Crippen LogP contribution in [0.2, 0.25) is 0 Å². The zero-order valence-corrected chi connectivity index (χ0v) is 18.1. The van der Waals surface area contributed by atoms with E-state index >= 15 is 0 Å². The molecule has 1 aliphatic heterocycles. The number of piperidine rings is 1. The number of amides is 1. The Bertz CT molecular complexity index is 1280. The Morgan fingerprint density at radius 2 is 1.91 bits per heavy atom. The SMILES string of the molecule is Cn1c(=O)c2c(C3CCCN(C(=O)C(N)Cc4ccc(F)cc4)C3)ccnc2n(C)c1=O. The van der Waals surface area contributed by atoms with Gasteiger partial charge in [-0.3, -0.25) is 18.7 Å². The van der Waals surface area contributed by atoms with Crippen LogP contribution < -0.4 is 17.0 Å². The van der Waals surface area contributed by atoms with Gasteiger partial charge in [0.15, 0.2) is 0 Å². The summed E-state index contributed by atoms with van der Waals surface area (Å²) >= 11 is 0. The van der Waals surface area contributed by atoms with Crippen LogP contribution in [0.15, 0.2) is 46.1 Å². The maximum atomic E-state index is 13.1. The van der Waals surface area contributed by atoms with Crippen molar-refractivity contribution in [3.8, 4) is 0 Å². The highest BCUT2D eigenvalue weighted by molar-refractivity contribution is 5.83. The minimum absolute atomic E-state index is 0.0681. The molecule has 8 nitrogen and oxygen atoms in total. The van der Waals surface area contributed by atoms with E-state index in [0.29, 0.717) is 30.5 Å². The summed E-state index contributed by atoms with van der Waals surface area (Å²) in [4.78, 5) is 44.2. The molecule has 1 amide bonds. The van der Waals surface area contributed by atoms with E-state index in [1.165, 1.54) is 23.7 Å². The lowest BCUT2D eigenvalue weighted by Crippen LogP contribution is -2.48. The molecular weight excluding hydrogens is 413 g/mol. The molecule has 32 heavy (non-hydrogen) atoms. The van der Waals surface area contributed by atoms with Crippen molar-refractivity contribution in [2.45, 2.75) is 31.2 Å². The summed E-state index contributed by atoms with van der Waals surface area (Å²) in [7, 11) is 3.04. The fourth-order valence-corrected chi connectivity index (χ4v) is 4.48. The molecule has 0 spiro atoms. The van der Waals surface area contributed by atoms with Crippen LogP contribution in [0.4, 0.5) is 4.39 Å². The van der Waals surface area contributed by atoms with E-state index in [9.17, 15) is 18.8 Å². The van der Waals surface area contributed by atoms with E-state index in [0.717, 1.165) is 28.5 Å². The van der Waals surface area contributed by atoms with Gasteiger partial charge in [-0.25, -0.2) is 14.2 Å². The number of carbonyl (C=O) groups excluding carboxylic acids is 1.